The lowest BCUT2D eigenvalue weighted by Gasteiger charge is -2.11. The average molecular weight is 182 g/mol. The van der Waals surface area contributed by atoms with Crippen LogP contribution in [0.2, 0.25) is 0 Å². The number of ether oxygens (including phenoxy) is 1. The highest BCUT2D eigenvalue weighted by Gasteiger charge is 1.99. The second-order valence-corrected chi connectivity index (χ2v) is 3.11. The van der Waals surface area contributed by atoms with Crippen molar-refractivity contribution in [3.8, 4) is 0 Å². The number of hydrogen-bond donors (Lipinski definition) is 0. The molecular weight excluding hydrogens is 160 g/mol. The molecule has 13 heavy (non-hydrogen) atoms. The predicted molar refractivity (Wildman–Crippen MR) is 58.4 cm³/mol. The van der Waals surface area contributed by atoms with E-state index in [1.165, 1.54) is 0 Å². The molecule has 0 aliphatic rings. The van der Waals surface area contributed by atoms with Crippen molar-refractivity contribution < 1.29 is 4.74 Å². The number of rotatable bonds is 6. The fraction of sp³-hybridized carbons (Fsp3) is 0.667. The quantitative estimate of drug-likeness (QED) is 0.553. The molecule has 0 aliphatic carbocycles. The highest BCUT2D eigenvalue weighted by atomic mass is 16.5. The molecular formula is C12H22O. The molecule has 1 nitrogen and oxygen atoms in total. The zero-order valence-electron chi connectivity index (χ0n) is 9.39. The second kappa shape index (κ2) is 7.90. The molecule has 0 radical (unpaired) electrons. The summed E-state index contributed by atoms with van der Waals surface area (Å²) in [5.74, 6) is 2.20. The number of allylic oxidation sites excluding steroid dienone is 4. The molecule has 0 aromatic carbocycles. The van der Waals surface area contributed by atoms with Crippen LogP contribution in [0.25, 0.3) is 0 Å². The van der Waals surface area contributed by atoms with Gasteiger partial charge in [0.15, 0.2) is 0 Å². The average Bonchev–Trinajstić information content (AvgIpc) is 2.16. The van der Waals surface area contributed by atoms with E-state index >= 15 is 0 Å². The van der Waals surface area contributed by atoms with Crippen LogP contribution >= 0.6 is 0 Å². The van der Waals surface area contributed by atoms with Crippen LogP contribution in [0.15, 0.2) is 23.7 Å². The molecule has 76 valence electrons. The van der Waals surface area contributed by atoms with Gasteiger partial charge in [-0.05, 0) is 38.8 Å². The summed E-state index contributed by atoms with van der Waals surface area (Å²) in [4.78, 5) is 0. The van der Waals surface area contributed by atoms with E-state index < -0.39 is 0 Å². The van der Waals surface area contributed by atoms with Gasteiger partial charge in [0.25, 0.3) is 0 Å². The zero-order chi connectivity index (χ0) is 10.1. The summed E-state index contributed by atoms with van der Waals surface area (Å²) in [6.07, 6.45) is 8.48. The Morgan fingerprint density at radius 2 is 1.31 bits per heavy atom. The van der Waals surface area contributed by atoms with Crippen molar-refractivity contribution in [1.29, 1.82) is 0 Å². The Labute approximate surface area is 82.5 Å². The van der Waals surface area contributed by atoms with Crippen molar-refractivity contribution >= 4 is 0 Å². The second-order valence-electron chi connectivity index (χ2n) is 3.11. The van der Waals surface area contributed by atoms with Gasteiger partial charge in [-0.2, -0.15) is 0 Å². The Bertz CT molecular complexity index is 158. The van der Waals surface area contributed by atoms with E-state index in [9.17, 15) is 0 Å². The topological polar surface area (TPSA) is 9.23 Å². The van der Waals surface area contributed by atoms with Crippen LogP contribution < -0.4 is 0 Å². The summed E-state index contributed by atoms with van der Waals surface area (Å²) < 4.78 is 5.75. The normalized spacial score (nSPS) is 13.2. The van der Waals surface area contributed by atoms with Crippen molar-refractivity contribution in [1.82, 2.24) is 0 Å². The van der Waals surface area contributed by atoms with Gasteiger partial charge in [0, 0.05) is 12.8 Å². The largest absolute Gasteiger partial charge is 0.467 e. The molecule has 0 saturated heterocycles. The van der Waals surface area contributed by atoms with E-state index in [4.69, 9.17) is 4.74 Å². The highest BCUT2D eigenvalue weighted by Crippen LogP contribution is 2.15. The van der Waals surface area contributed by atoms with E-state index in [1.54, 1.807) is 0 Å². The first-order valence-corrected chi connectivity index (χ1v) is 5.26. The molecule has 0 aromatic heterocycles. The van der Waals surface area contributed by atoms with Gasteiger partial charge in [-0.25, -0.2) is 0 Å². The van der Waals surface area contributed by atoms with Gasteiger partial charge in [-0.15, -0.1) is 0 Å². The summed E-state index contributed by atoms with van der Waals surface area (Å²) in [6.45, 7) is 8.40. The van der Waals surface area contributed by atoms with E-state index in [-0.39, 0.29) is 0 Å². The lowest BCUT2D eigenvalue weighted by molar-refractivity contribution is 0.274. The molecule has 0 amide bonds. The first-order valence-electron chi connectivity index (χ1n) is 5.26. The summed E-state index contributed by atoms with van der Waals surface area (Å²) in [6, 6.07) is 0. The zero-order valence-corrected chi connectivity index (χ0v) is 9.39. The van der Waals surface area contributed by atoms with Gasteiger partial charge in [0.1, 0.15) is 0 Å². The first-order chi connectivity index (χ1) is 6.28. The molecule has 0 saturated carbocycles. The van der Waals surface area contributed by atoms with Gasteiger partial charge < -0.3 is 4.74 Å². The Morgan fingerprint density at radius 3 is 1.54 bits per heavy atom. The Hall–Kier alpha value is -0.720. The maximum atomic E-state index is 5.75. The van der Waals surface area contributed by atoms with E-state index in [0.717, 1.165) is 37.2 Å². The third-order valence-electron chi connectivity index (χ3n) is 1.90. The molecule has 0 aliphatic heterocycles. The maximum Gasteiger partial charge on any atom is 0.0993 e. The molecule has 1 heteroatoms. The minimum Gasteiger partial charge on any atom is -0.467 e. The fourth-order valence-corrected chi connectivity index (χ4v) is 1.17. The van der Waals surface area contributed by atoms with Crippen LogP contribution in [-0.2, 0) is 4.74 Å². The monoisotopic (exact) mass is 182 g/mol. The van der Waals surface area contributed by atoms with Gasteiger partial charge in [-0.1, -0.05) is 13.8 Å². The van der Waals surface area contributed by atoms with Gasteiger partial charge in [0.05, 0.1) is 11.5 Å². The summed E-state index contributed by atoms with van der Waals surface area (Å²) in [5.41, 5.74) is 0. The van der Waals surface area contributed by atoms with Crippen molar-refractivity contribution in [3.63, 3.8) is 0 Å². The third-order valence-corrected chi connectivity index (χ3v) is 1.90. The first kappa shape index (κ1) is 12.3. The molecule has 0 unspecified atom stereocenters. The van der Waals surface area contributed by atoms with Crippen LogP contribution in [0.5, 0.6) is 0 Å². The van der Waals surface area contributed by atoms with E-state index in [1.807, 2.05) is 13.8 Å². The molecule has 0 heterocycles. The van der Waals surface area contributed by atoms with Crippen LogP contribution in [-0.4, -0.2) is 0 Å². The molecule has 0 aromatic rings. The summed E-state index contributed by atoms with van der Waals surface area (Å²) >= 11 is 0. The maximum absolute atomic E-state index is 5.75. The lowest BCUT2D eigenvalue weighted by atomic mass is 10.2. The van der Waals surface area contributed by atoms with E-state index in [2.05, 4.69) is 26.0 Å². The van der Waals surface area contributed by atoms with Crippen molar-refractivity contribution in [2.24, 2.45) is 0 Å². The fourth-order valence-electron chi connectivity index (χ4n) is 1.17. The lowest BCUT2D eigenvalue weighted by Crippen LogP contribution is -1.93. The molecule has 0 fully saturated rings. The minimum atomic E-state index is 1.04. The molecule has 0 N–H and O–H groups in total. The Balaban J connectivity index is 4.05. The highest BCUT2D eigenvalue weighted by molar-refractivity contribution is 5.00. The van der Waals surface area contributed by atoms with Crippen LogP contribution in [0.3, 0.4) is 0 Å². The van der Waals surface area contributed by atoms with Crippen molar-refractivity contribution in [2.75, 3.05) is 0 Å². The predicted octanol–water partition coefficient (Wildman–Crippen LogP) is 4.41. The standard InChI is InChI=1S/C12H22O/c1-5-9-11(7-3)13-12(8-4)10-6-2/h7-8H,5-6,9-10H2,1-4H3. The van der Waals surface area contributed by atoms with Crippen molar-refractivity contribution in [2.45, 2.75) is 53.4 Å². The van der Waals surface area contributed by atoms with Crippen molar-refractivity contribution in [3.05, 3.63) is 23.7 Å². The van der Waals surface area contributed by atoms with Crippen LogP contribution in [0, 0.1) is 0 Å². The molecule has 0 atom stereocenters. The van der Waals surface area contributed by atoms with Gasteiger partial charge >= 0.3 is 0 Å². The summed E-state index contributed by atoms with van der Waals surface area (Å²) in [5, 5.41) is 0. The minimum absolute atomic E-state index is 1.04. The Kier molecular flexibility index (Phi) is 7.47. The molecule has 0 spiro atoms. The van der Waals surface area contributed by atoms with Crippen LogP contribution in [0.1, 0.15) is 53.4 Å². The number of hydrogen-bond acceptors (Lipinski definition) is 1. The van der Waals surface area contributed by atoms with Gasteiger partial charge in [0.2, 0.25) is 0 Å². The van der Waals surface area contributed by atoms with E-state index in [0.29, 0.717) is 0 Å². The Morgan fingerprint density at radius 1 is 0.923 bits per heavy atom. The van der Waals surface area contributed by atoms with Gasteiger partial charge in [-0.3, -0.25) is 0 Å². The third kappa shape index (κ3) is 5.51. The SMILES string of the molecule is CC=C(CCC)OC(=CC)CCC. The molecule has 0 bridgehead atoms. The smallest absolute Gasteiger partial charge is 0.0993 e. The van der Waals surface area contributed by atoms with Crippen LogP contribution in [0.4, 0.5) is 0 Å². The molecule has 0 rings (SSSR count). The summed E-state index contributed by atoms with van der Waals surface area (Å²) in [7, 11) is 0.